The molecule has 0 aromatic rings. The maximum atomic E-state index is 8.44. The topological polar surface area (TPSA) is 91.9 Å². The second-order valence-corrected chi connectivity index (χ2v) is 0.266. The van der Waals surface area contributed by atoms with E-state index in [4.69, 9.17) is 15.0 Å². The van der Waals surface area contributed by atoms with Gasteiger partial charge in [0.2, 0.25) is 6.16 Å². The van der Waals surface area contributed by atoms with Gasteiger partial charge in [-0.1, -0.05) is 0 Å². The summed E-state index contributed by atoms with van der Waals surface area (Å²) in [6, 6.07) is 0. The molecule has 0 fully saturated rings. The van der Waals surface area contributed by atoms with Gasteiger partial charge < -0.3 is 20.5 Å². The average Bonchev–Trinajstić information content (AvgIpc) is 0.811. The molecule has 4 nitrogen and oxygen atoms in total. The summed E-state index contributed by atoms with van der Waals surface area (Å²) in [5, 5.41) is 15.3. The Morgan fingerprint density at radius 3 is 1.57 bits per heavy atom. The van der Waals surface area contributed by atoms with Crippen LogP contribution in [0, 0.1) is 0 Å². The predicted octanol–water partition coefficient (Wildman–Crippen LogP) is -4.94. The van der Waals surface area contributed by atoms with Crippen molar-refractivity contribution in [1.29, 1.82) is 0 Å². The van der Waals surface area contributed by atoms with Crippen molar-refractivity contribution in [2.24, 2.45) is 0 Å². The fourth-order valence-corrected chi connectivity index (χ4v) is 0. The van der Waals surface area contributed by atoms with Crippen LogP contribution in [0.5, 0.6) is 0 Å². The van der Waals surface area contributed by atoms with Gasteiger partial charge in [-0.25, -0.2) is 0 Å². The average molecular weight is 308 g/mol. The second-order valence-electron chi connectivity index (χ2n) is 0.266. The summed E-state index contributed by atoms with van der Waals surface area (Å²) in [6.07, 6.45) is -2.08. The minimum absolute atomic E-state index is 0. The molecular formula is CH3KO4Os. The molecule has 7 heavy (non-hydrogen) atoms. The maximum absolute atomic E-state index is 8.44. The molecule has 6 heteroatoms. The van der Waals surface area contributed by atoms with Gasteiger partial charge in [0.05, 0.1) is 0 Å². The van der Waals surface area contributed by atoms with Crippen molar-refractivity contribution in [3.8, 4) is 0 Å². The minimum Gasteiger partial charge on any atom is -0.565 e. The van der Waals surface area contributed by atoms with Crippen LogP contribution in [0.4, 0.5) is 4.79 Å². The fourth-order valence-electron chi connectivity index (χ4n) is 0. The molecule has 0 aliphatic rings. The molecule has 0 aliphatic carbocycles. The van der Waals surface area contributed by atoms with Gasteiger partial charge in [-0.2, -0.15) is 0 Å². The third kappa shape index (κ3) is 101. The van der Waals surface area contributed by atoms with Crippen LogP contribution in [0.25, 0.3) is 0 Å². The Kier molecular flexibility index (Phi) is 52.8. The summed E-state index contributed by atoms with van der Waals surface area (Å²) >= 11 is 0. The number of hydrogen-bond donors (Lipinski definition) is 1. The first kappa shape index (κ1) is 23.6. The first-order valence-electron chi connectivity index (χ1n) is 0.632. The van der Waals surface area contributed by atoms with Crippen LogP contribution in [0.2, 0.25) is 0 Å². The van der Waals surface area contributed by atoms with Crippen molar-refractivity contribution >= 4 is 6.16 Å². The molecule has 0 aromatic heterocycles. The van der Waals surface area contributed by atoms with Crippen molar-refractivity contribution in [1.82, 2.24) is 0 Å². The van der Waals surface area contributed by atoms with Crippen LogP contribution in [0.15, 0.2) is 0 Å². The van der Waals surface area contributed by atoms with Gasteiger partial charge in [-0.3, -0.25) is 0 Å². The number of rotatable bonds is 0. The van der Waals surface area contributed by atoms with Crippen LogP contribution in [-0.2, 0) is 19.8 Å². The first-order valence-corrected chi connectivity index (χ1v) is 0.632. The SMILES string of the molecule is O.O=C([O-])O.[K+].[Os]. The summed E-state index contributed by atoms with van der Waals surface area (Å²) in [6.45, 7) is 0. The van der Waals surface area contributed by atoms with E-state index in [1.165, 1.54) is 0 Å². The number of hydrogen-bond acceptors (Lipinski definition) is 2. The van der Waals surface area contributed by atoms with Gasteiger partial charge >= 0.3 is 51.4 Å². The van der Waals surface area contributed by atoms with Crippen molar-refractivity contribution < 1.29 is 91.7 Å². The molecule has 0 amide bonds. The Balaban J connectivity index is -0.0000000150. The van der Waals surface area contributed by atoms with Crippen LogP contribution in [0.3, 0.4) is 0 Å². The Hall–Kier alpha value is 1.50. The third-order valence-electron chi connectivity index (χ3n) is 0. The fraction of sp³-hybridized carbons (Fsp3) is 0. The van der Waals surface area contributed by atoms with Gasteiger partial charge in [-0.05, 0) is 0 Å². The van der Waals surface area contributed by atoms with E-state index in [0.717, 1.165) is 0 Å². The third-order valence-corrected chi connectivity index (χ3v) is 0. The standard InChI is InChI=1S/CH2O3.K.H2O.Os/c2-1(3)4;;;/h(H2,2,3,4);;1H2;/q;+1;;/p-1. The summed E-state index contributed by atoms with van der Waals surface area (Å²) in [5.41, 5.74) is 0. The monoisotopic (exact) mass is 310 g/mol. The molecule has 0 atom stereocenters. The molecule has 3 N–H and O–H groups in total. The Bertz CT molecular complexity index is 34.7. The predicted molar refractivity (Wildman–Crippen MR) is 11.6 cm³/mol. The minimum atomic E-state index is -2.08. The second kappa shape index (κ2) is 15.6. The Labute approximate surface area is 96.1 Å². The van der Waals surface area contributed by atoms with Crippen molar-refractivity contribution in [2.75, 3.05) is 0 Å². The van der Waals surface area contributed by atoms with E-state index in [1.807, 2.05) is 0 Å². The van der Waals surface area contributed by atoms with E-state index in [2.05, 4.69) is 0 Å². The number of carboxylic acid groups (broad SMARTS) is 2. The van der Waals surface area contributed by atoms with Gasteiger partial charge in [0.1, 0.15) is 0 Å². The molecule has 0 aromatic carbocycles. The Morgan fingerprint density at radius 1 is 1.57 bits per heavy atom. The smallest absolute Gasteiger partial charge is 0.565 e. The molecule has 0 unspecified atom stereocenters. The molecule has 0 aliphatic heterocycles. The van der Waals surface area contributed by atoms with Crippen molar-refractivity contribution in [3.05, 3.63) is 0 Å². The van der Waals surface area contributed by atoms with Crippen LogP contribution >= 0.6 is 0 Å². The number of carbonyl (C=O) groups is 1. The quantitative estimate of drug-likeness (QED) is 0.455. The van der Waals surface area contributed by atoms with E-state index in [-0.39, 0.29) is 76.7 Å². The normalized spacial score (nSPS) is 3.43. The molecule has 0 spiro atoms. The molecule has 0 saturated heterocycles. The molecule has 40 valence electrons. The van der Waals surface area contributed by atoms with Crippen LogP contribution < -0.4 is 56.5 Å². The summed E-state index contributed by atoms with van der Waals surface area (Å²) in [4.78, 5) is 8.44. The van der Waals surface area contributed by atoms with E-state index < -0.39 is 6.16 Å². The van der Waals surface area contributed by atoms with Crippen molar-refractivity contribution in [2.45, 2.75) is 0 Å². The zero-order valence-electron chi connectivity index (χ0n) is 3.62. The van der Waals surface area contributed by atoms with E-state index in [1.54, 1.807) is 0 Å². The van der Waals surface area contributed by atoms with Crippen LogP contribution in [-0.4, -0.2) is 16.7 Å². The van der Waals surface area contributed by atoms with Crippen LogP contribution in [0.1, 0.15) is 0 Å². The molecule has 0 heterocycles. The summed E-state index contributed by atoms with van der Waals surface area (Å²) in [5.74, 6) is 0. The van der Waals surface area contributed by atoms with Crippen molar-refractivity contribution in [3.63, 3.8) is 0 Å². The van der Waals surface area contributed by atoms with Gasteiger partial charge in [-0.15, -0.1) is 0 Å². The molecule has 0 rings (SSSR count). The van der Waals surface area contributed by atoms with E-state index in [0.29, 0.717) is 0 Å². The summed E-state index contributed by atoms with van der Waals surface area (Å²) < 4.78 is 0. The zero-order valence-corrected chi connectivity index (χ0v) is 9.28. The zero-order chi connectivity index (χ0) is 3.58. The Morgan fingerprint density at radius 2 is 1.57 bits per heavy atom. The van der Waals surface area contributed by atoms with E-state index in [9.17, 15) is 0 Å². The summed E-state index contributed by atoms with van der Waals surface area (Å²) in [7, 11) is 0. The molecule has 0 saturated carbocycles. The van der Waals surface area contributed by atoms with Gasteiger partial charge in [0.25, 0.3) is 0 Å². The van der Waals surface area contributed by atoms with Gasteiger partial charge in [0, 0.05) is 19.8 Å². The van der Waals surface area contributed by atoms with E-state index >= 15 is 0 Å². The molecule has 0 radical (unpaired) electrons. The molecular weight excluding hydrogens is 305 g/mol. The maximum Gasteiger partial charge on any atom is 1.00 e. The molecule has 0 bridgehead atoms. The first-order chi connectivity index (χ1) is 1.73. The van der Waals surface area contributed by atoms with Gasteiger partial charge in [0.15, 0.2) is 0 Å². The largest absolute Gasteiger partial charge is 1.00 e.